The molecule has 0 saturated carbocycles. The van der Waals surface area contributed by atoms with Crippen molar-refractivity contribution in [1.82, 2.24) is 14.7 Å². The quantitative estimate of drug-likeness (QED) is 0.801. The van der Waals surface area contributed by atoms with Crippen LogP contribution in [0.25, 0.3) is 0 Å². The first kappa shape index (κ1) is 19.4. The molecule has 1 aromatic heterocycles. The van der Waals surface area contributed by atoms with E-state index in [0.717, 1.165) is 50.8 Å². The molecule has 0 bridgehead atoms. The summed E-state index contributed by atoms with van der Waals surface area (Å²) in [4.78, 5) is 27.4. The average molecular weight is 393 g/mol. The number of aromatic nitrogens is 2. The zero-order chi connectivity index (χ0) is 20.2. The Hall–Kier alpha value is -2.89. The van der Waals surface area contributed by atoms with Crippen LogP contribution in [0, 0.1) is 12.8 Å². The fraction of sp³-hybridized carbons (Fsp3) is 0.435. The topological polar surface area (TPSA) is 67.2 Å². The van der Waals surface area contributed by atoms with Crippen molar-refractivity contribution in [1.29, 1.82) is 0 Å². The number of rotatable bonds is 4. The van der Waals surface area contributed by atoms with E-state index in [4.69, 9.17) is 0 Å². The van der Waals surface area contributed by atoms with Crippen LogP contribution in [0.1, 0.15) is 54.1 Å². The van der Waals surface area contributed by atoms with Gasteiger partial charge in [-0.25, -0.2) is 4.68 Å². The monoisotopic (exact) mass is 392 g/mol. The SMILES string of the molecule is Cc1ccccc1C(=O)Nc1ccnn1C1CCN(C(=O)[C@@H]2CC=CCC2)CC1. The predicted molar refractivity (Wildman–Crippen MR) is 113 cm³/mol. The highest BCUT2D eigenvalue weighted by atomic mass is 16.2. The van der Waals surface area contributed by atoms with E-state index in [0.29, 0.717) is 17.3 Å². The van der Waals surface area contributed by atoms with E-state index in [9.17, 15) is 9.59 Å². The third-order valence-electron chi connectivity index (χ3n) is 6.04. The van der Waals surface area contributed by atoms with E-state index in [-0.39, 0.29) is 17.9 Å². The summed E-state index contributed by atoms with van der Waals surface area (Å²) in [6.07, 6.45) is 10.6. The number of aryl methyl sites for hydroxylation is 1. The molecule has 2 heterocycles. The number of anilines is 1. The van der Waals surface area contributed by atoms with E-state index < -0.39 is 0 Å². The van der Waals surface area contributed by atoms with Gasteiger partial charge in [0.25, 0.3) is 5.91 Å². The minimum atomic E-state index is -0.122. The molecule has 2 aliphatic rings. The van der Waals surface area contributed by atoms with Gasteiger partial charge in [-0.3, -0.25) is 9.59 Å². The Morgan fingerprint density at radius 1 is 1.07 bits per heavy atom. The molecule has 1 aliphatic carbocycles. The maximum atomic E-state index is 12.8. The number of hydrogen-bond acceptors (Lipinski definition) is 3. The highest BCUT2D eigenvalue weighted by Gasteiger charge is 2.29. The smallest absolute Gasteiger partial charge is 0.257 e. The first-order valence-corrected chi connectivity index (χ1v) is 10.5. The van der Waals surface area contributed by atoms with Crippen LogP contribution in [0.5, 0.6) is 0 Å². The molecule has 0 radical (unpaired) electrons. The van der Waals surface area contributed by atoms with Crippen LogP contribution < -0.4 is 5.32 Å². The minimum Gasteiger partial charge on any atom is -0.342 e. The number of hydrogen-bond donors (Lipinski definition) is 1. The lowest BCUT2D eigenvalue weighted by atomic mass is 9.92. The lowest BCUT2D eigenvalue weighted by Crippen LogP contribution is -2.42. The van der Waals surface area contributed by atoms with Gasteiger partial charge in [0.2, 0.25) is 5.91 Å². The van der Waals surface area contributed by atoms with E-state index in [1.54, 1.807) is 6.20 Å². The number of allylic oxidation sites excluding steroid dienone is 2. The molecule has 152 valence electrons. The van der Waals surface area contributed by atoms with E-state index in [1.165, 1.54) is 0 Å². The maximum Gasteiger partial charge on any atom is 0.257 e. The number of likely N-dealkylation sites (tertiary alicyclic amines) is 1. The Balaban J connectivity index is 1.38. The Bertz CT molecular complexity index is 909. The summed E-state index contributed by atoms with van der Waals surface area (Å²) in [5.74, 6) is 1.02. The second-order valence-electron chi connectivity index (χ2n) is 7.97. The Kier molecular flexibility index (Phi) is 5.79. The summed E-state index contributed by atoms with van der Waals surface area (Å²) in [5.41, 5.74) is 1.61. The molecule has 1 aromatic carbocycles. The molecule has 1 N–H and O–H groups in total. The maximum absolute atomic E-state index is 12.8. The molecule has 4 rings (SSSR count). The molecule has 1 saturated heterocycles. The van der Waals surface area contributed by atoms with Gasteiger partial charge >= 0.3 is 0 Å². The lowest BCUT2D eigenvalue weighted by Gasteiger charge is -2.35. The largest absolute Gasteiger partial charge is 0.342 e. The molecule has 0 unspecified atom stereocenters. The summed E-state index contributed by atoms with van der Waals surface area (Å²) in [5, 5.41) is 7.46. The Morgan fingerprint density at radius 3 is 2.59 bits per heavy atom. The number of nitrogens with zero attached hydrogens (tertiary/aromatic N) is 3. The summed E-state index contributed by atoms with van der Waals surface area (Å²) in [7, 11) is 0. The average Bonchev–Trinajstić information content (AvgIpc) is 3.22. The van der Waals surface area contributed by atoms with Gasteiger partial charge in [-0.1, -0.05) is 30.4 Å². The summed E-state index contributed by atoms with van der Waals surface area (Å²) in [6.45, 7) is 3.42. The van der Waals surface area contributed by atoms with Gasteiger partial charge in [0.1, 0.15) is 5.82 Å². The number of piperidine rings is 1. The lowest BCUT2D eigenvalue weighted by molar-refractivity contribution is -0.137. The van der Waals surface area contributed by atoms with Crippen molar-refractivity contribution in [3.63, 3.8) is 0 Å². The fourth-order valence-corrected chi connectivity index (χ4v) is 4.32. The summed E-state index contributed by atoms with van der Waals surface area (Å²) < 4.78 is 1.90. The third kappa shape index (κ3) is 4.26. The highest BCUT2D eigenvalue weighted by molar-refractivity contribution is 6.04. The second kappa shape index (κ2) is 8.64. The second-order valence-corrected chi connectivity index (χ2v) is 7.97. The first-order valence-electron chi connectivity index (χ1n) is 10.5. The van der Waals surface area contributed by atoms with Crippen molar-refractivity contribution in [2.45, 2.75) is 45.1 Å². The van der Waals surface area contributed by atoms with Crippen molar-refractivity contribution in [2.75, 3.05) is 18.4 Å². The molecule has 1 aliphatic heterocycles. The first-order chi connectivity index (χ1) is 14.1. The molecule has 29 heavy (non-hydrogen) atoms. The van der Waals surface area contributed by atoms with Gasteiger partial charge < -0.3 is 10.2 Å². The fourth-order valence-electron chi connectivity index (χ4n) is 4.32. The zero-order valence-corrected chi connectivity index (χ0v) is 16.9. The van der Waals surface area contributed by atoms with Crippen LogP contribution in [0.15, 0.2) is 48.7 Å². The number of amides is 2. The van der Waals surface area contributed by atoms with Crippen LogP contribution in [-0.2, 0) is 4.79 Å². The molecule has 0 spiro atoms. The van der Waals surface area contributed by atoms with Gasteiger partial charge in [-0.05, 0) is 50.7 Å². The van der Waals surface area contributed by atoms with Gasteiger partial charge in [0.15, 0.2) is 0 Å². The number of nitrogens with one attached hydrogen (secondary N) is 1. The highest BCUT2D eigenvalue weighted by Crippen LogP contribution is 2.28. The normalized spacial score (nSPS) is 19.9. The van der Waals surface area contributed by atoms with Gasteiger partial charge in [-0.15, -0.1) is 0 Å². The standard InChI is InChI=1S/C23H28N4O2/c1-17-7-5-6-10-20(17)22(28)25-21-11-14-24-27(21)19-12-15-26(16-13-19)23(29)18-8-3-2-4-9-18/h2-3,5-7,10-11,14,18-19H,4,8-9,12-13,15-16H2,1H3,(H,25,28)/t18-/m1/s1. The Labute approximate surface area is 171 Å². The number of benzene rings is 1. The van der Waals surface area contributed by atoms with E-state index in [1.807, 2.05) is 46.8 Å². The number of carbonyl (C=O) groups excluding carboxylic acids is 2. The molecular weight excluding hydrogens is 364 g/mol. The van der Waals surface area contributed by atoms with E-state index in [2.05, 4.69) is 22.6 Å². The van der Waals surface area contributed by atoms with Crippen LogP contribution in [0.2, 0.25) is 0 Å². The molecule has 2 amide bonds. The van der Waals surface area contributed by atoms with Gasteiger partial charge in [0.05, 0.1) is 12.2 Å². The van der Waals surface area contributed by atoms with Crippen LogP contribution in [-0.4, -0.2) is 39.6 Å². The molecule has 1 atom stereocenters. The summed E-state index contributed by atoms with van der Waals surface area (Å²) in [6, 6.07) is 9.58. The van der Waals surface area contributed by atoms with Crippen LogP contribution in [0.4, 0.5) is 5.82 Å². The van der Waals surface area contributed by atoms with Crippen LogP contribution >= 0.6 is 0 Å². The van der Waals surface area contributed by atoms with Crippen LogP contribution in [0.3, 0.4) is 0 Å². The zero-order valence-electron chi connectivity index (χ0n) is 16.9. The van der Waals surface area contributed by atoms with Crippen molar-refractivity contribution in [3.05, 3.63) is 59.8 Å². The van der Waals surface area contributed by atoms with Gasteiger partial charge in [-0.2, -0.15) is 5.10 Å². The van der Waals surface area contributed by atoms with Crippen molar-refractivity contribution < 1.29 is 9.59 Å². The molecule has 2 aromatic rings. The number of carbonyl (C=O) groups is 2. The minimum absolute atomic E-state index is 0.122. The molecular formula is C23H28N4O2. The Morgan fingerprint density at radius 2 is 1.86 bits per heavy atom. The predicted octanol–water partition coefficient (Wildman–Crippen LogP) is 3.96. The van der Waals surface area contributed by atoms with E-state index >= 15 is 0 Å². The van der Waals surface area contributed by atoms with Gasteiger partial charge in [0, 0.05) is 30.6 Å². The molecule has 6 nitrogen and oxygen atoms in total. The molecule has 1 fully saturated rings. The van der Waals surface area contributed by atoms with Crippen molar-refractivity contribution in [3.8, 4) is 0 Å². The molecule has 6 heteroatoms. The summed E-state index contributed by atoms with van der Waals surface area (Å²) >= 11 is 0. The van der Waals surface area contributed by atoms with Crippen molar-refractivity contribution >= 4 is 17.6 Å². The van der Waals surface area contributed by atoms with Crippen molar-refractivity contribution in [2.24, 2.45) is 5.92 Å². The third-order valence-corrected chi connectivity index (χ3v) is 6.04.